The van der Waals surface area contributed by atoms with Crippen molar-refractivity contribution < 1.29 is 14.6 Å². The number of aliphatic hydroxyl groups is 1. The minimum atomic E-state index is -0.984. The first-order valence-corrected chi connectivity index (χ1v) is 11.8. The Hall–Kier alpha value is -2.38. The molecule has 1 saturated carbocycles. The molecule has 4 rings (SSSR count). The van der Waals surface area contributed by atoms with E-state index in [4.69, 9.17) is 9.47 Å². The molecular weight excluding hydrogens is 404 g/mol. The van der Waals surface area contributed by atoms with Crippen LogP contribution < -0.4 is 14.4 Å². The van der Waals surface area contributed by atoms with Gasteiger partial charge < -0.3 is 19.5 Å². The average molecular weight is 441 g/mol. The van der Waals surface area contributed by atoms with Gasteiger partial charge in [-0.15, -0.1) is 0 Å². The number of ether oxygens (including phenoxy) is 2. The maximum Gasteiger partial charge on any atom is 0.319 e. The van der Waals surface area contributed by atoms with Crippen LogP contribution in [0.4, 0.5) is 5.69 Å². The molecule has 1 aromatic heterocycles. The molecular formula is C25H36N4O3. The molecule has 1 aromatic carbocycles. The van der Waals surface area contributed by atoms with Crippen LogP contribution in [0.5, 0.6) is 11.9 Å². The molecule has 7 heteroatoms. The number of hydrogen-bond acceptors (Lipinski definition) is 7. The number of fused-ring (bicyclic) bond motifs is 1. The summed E-state index contributed by atoms with van der Waals surface area (Å²) in [7, 11) is 4.12. The van der Waals surface area contributed by atoms with Crippen LogP contribution in [0, 0.1) is 11.8 Å². The third kappa shape index (κ3) is 4.55. The highest BCUT2D eigenvalue weighted by Crippen LogP contribution is 2.50. The highest BCUT2D eigenvalue weighted by atomic mass is 16.5. The second kappa shape index (κ2) is 9.63. The lowest BCUT2D eigenvalue weighted by Crippen LogP contribution is -2.43. The van der Waals surface area contributed by atoms with E-state index in [-0.39, 0.29) is 5.92 Å². The molecule has 32 heavy (non-hydrogen) atoms. The van der Waals surface area contributed by atoms with Crippen molar-refractivity contribution in [2.75, 3.05) is 45.3 Å². The van der Waals surface area contributed by atoms with Gasteiger partial charge in [0.1, 0.15) is 5.60 Å². The Labute approximate surface area is 191 Å². The Morgan fingerprint density at radius 2 is 1.88 bits per heavy atom. The van der Waals surface area contributed by atoms with E-state index in [2.05, 4.69) is 58.1 Å². The standard InChI is InChI=1S/C25H36N4O3/c1-5-31-23-21(14-26-24(27-23)32-6-2)25(30)13-7-8-19-16-29(17-22(19)25)15-18-9-11-20(12-10-18)28(3)4/h9-12,14,19,22,30H,5-8,13,15-17H2,1-4H3/t19-,22-,25+/m0/s1. The van der Waals surface area contributed by atoms with Crippen molar-refractivity contribution >= 4 is 5.69 Å². The van der Waals surface area contributed by atoms with Crippen molar-refractivity contribution in [3.05, 3.63) is 41.6 Å². The van der Waals surface area contributed by atoms with Crippen molar-refractivity contribution in [3.63, 3.8) is 0 Å². The van der Waals surface area contributed by atoms with Crippen molar-refractivity contribution in [3.8, 4) is 11.9 Å². The van der Waals surface area contributed by atoms with E-state index in [1.807, 2.05) is 13.8 Å². The summed E-state index contributed by atoms with van der Waals surface area (Å²) in [6.45, 7) is 7.56. The Bertz CT molecular complexity index is 905. The number of aromatic nitrogens is 2. The fourth-order valence-electron chi connectivity index (χ4n) is 5.33. The highest BCUT2D eigenvalue weighted by Gasteiger charge is 2.51. The predicted octanol–water partition coefficient (Wildman–Crippen LogP) is 3.46. The molecule has 1 aliphatic heterocycles. The van der Waals surface area contributed by atoms with Crippen LogP contribution in [0.1, 0.15) is 44.2 Å². The minimum Gasteiger partial charge on any atom is -0.478 e. The number of nitrogens with zero attached hydrogens (tertiary/aromatic N) is 4. The maximum atomic E-state index is 12.0. The Balaban J connectivity index is 1.55. The fourth-order valence-corrected chi connectivity index (χ4v) is 5.33. The predicted molar refractivity (Wildman–Crippen MR) is 125 cm³/mol. The van der Waals surface area contributed by atoms with Crippen molar-refractivity contribution in [2.24, 2.45) is 11.8 Å². The summed E-state index contributed by atoms with van der Waals surface area (Å²) >= 11 is 0. The zero-order valence-corrected chi connectivity index (χ0v) is 19.8. The van der Waals surface area contributed by atoms with Gasteiger partial charge in [-0.05, 0) is 56.7 Å². The molecule has 1 aliphatic carbocycles. The van der Waals surface area contributed by atoms with E-state index in [9.17, 15) is 5.11 Å². The van der Waals surface area contributed by atoms with Crippen LogP contribution in [-0.4, -0.2) is 60.4 Å². The molecule has 2 fully saturated rings. The van der Waals surface area contributed by atoms with E-state index in [0.29, 0.717) is 43.0 Å². The van der Waals surface area contributed by atoms with Crippen LogP contribution in [0.15, 0.2) is 30.5 Å². The summed E-state index contributed by atoms with van der Waals surface area (Å²) < 4.78 is 11.3. The van der Waals surface area contributed by atoms with Gasteiger partial charge in [0.25, 0.3) is 0 Å². The van der Waals surface area contributed by atoms with Gasteiger partial charge in [-0.25, -0.2) is 4.98 Å². The topological polar surface area (TPSA) is 71.0 Å². The molecule has 0 bridgehead atoms. The molecule has 2 heterocycles. The summed E-state index contributed by atoms with van der Waals surface area (Å²) in [6.07, 6.45) is 4.55. The molecule has 3 atom stereocenters. The number of anilines is 1. The molecule has 2 aliphatic rings. The summed E-state index contributed by atoms with van der Waals surface area (Å²) in [6, 6.07) is 9.04. The molecule has 0 unspecified atom stereocenters. The quantitative estimate of drug-likeness (QED) is 0.674. The summed E-state index contributed by atoms with van der Waals surface area (Å²) in [4.78, 5) is 13.4. The summed E-state index contributed by atoms with van der Waals surface area (Å²) in [5.74, 6) is 1.04. The van der Waals surface area contributed by atoms with Crippen molar-refractivity contribution in [2.45, 2.75) is 45.3 Å². The molecule has 2 aromatic rings. The summed E-state index contributed by atoms with van der Waals surface area (Å²) in [5, 5.41) is 12.0. The summed E-state index contributed by atoms with van der Waals surface area (Å²) in [5.41, 5.74) is 2.23. The third-order valence-corrected chi connectivity index (χ3v) is 6.87. The van der Waals surface area contributed by atoms with E-state index < -0.39 is 5.60 Å². The van der Waals surface area contributed by atoms with Crippen LogP contribution >= 0.6 is 0 Å². The first-order valence-electron chi connectivity index (χ1n) is 11.8. The van der Waals surface area contributed by atoms with Gasteiger partial charge in [-0.2, -0.15) is 4.98 Å². The van der Waals surface area contributed by atoms with Crippen LogP contribution in [0.3, 0.4) is 0 Å². The van der Waals surface area contributed by atoms with Gasteiger partial charge in [0, 0.05) is 51.5 Å². The first kappa shape index (κ1) is 22.8. The minimum absolute atomic E-state index is 0.137. The van der Waals surface area contributed by atoms with Gasteiger partial charge >= 0.3 is 6.01 Å². The Morgan fingerprint density at radius 1 is 1.12 bits per heavy atom. The molecule has 7 nitrogen and oxygen atoms in total. The number of rotatable bonds is 8. The van der Waals surface area contributed by atoms with Gasteiger partial charge in [0.2, 0.25) is 5.88 Å². The Morgan fingerprint density at radius 3 is 2.56 bits per heavy atom. The average Bonchev–Trinajstić information content (AvgIpc) is 3.19. The third-order valence-electron chi connectivity index (χ3n) is 6.87. The van der Waals surface area contributed by atoms with Crippen LogP contribution in [0.25, 0.3) is 0 Å². The van der Waals surface area contributed by atoms with E-state index in [1.54, 1.807) is 6.20 Å². The monoisotopic (exact) mass is 440 g/mol. The molecule has 1 saturated heterocycles. The molecule has 0 amide bonds. The second-order valence-electron chi connectivity index (χ2n) is 9.18. The molecule has 1 N–H and O–H groups in total. The Kier molecular flexibility index (Phi) is 6.86. The lowest BCUT2D eigenvalue weighted by Gasteiger charge is -2.41. The lowest BCUT2D eigenvalue weighted by molar-refractivity contribution is -0.0672. The fraction of sp³-hybridized carbons (Fsp3) is 0.600. The van der Waals surface area contributed by atoms with Gasteiger partial charge in [-0.3, -0.25) is 4.90 Å². The van der Waals surface area contributed by atoms with Gasteiger partial charge in [0.05, 0.1) is 18.8 Å². The highest BCUT2D eigenvalue weighted by molar-refractivity contribution is 5.46. The van der Waals surface area contributed by atoms with Crippen molar-refractivity contribution in [1.29, 1.82) is 0 Å². The molecule has 174 valence electrons. The van der Waals surface area contributed by atoms with E-state index in [1.165, 1.54) is 11.3 Å². The lowest BCUT2D eigenvalue weighted by atomic mass is 9.68. The number of benzene rings is 1. The van der Waals surface area contributed by atoms with Crippen LogP contribution in [-0.2, 0) is 12.1 Å². The molecule has 0 spiro atoms. The number of likely N-dealkylation sites (tertiary alicyclic amines) is 1. The van der Waals surface area contributed by atoms with Gasteiger partial charge in [-0.1, -0.05) is 12.1 Å². The zero-order chi connectivity index (χ0) is 22.7. The van der Waals surface area contributed by atoms with E-state index >= 15 is 0 Å². The van der Waals surface area contributed by atoms with E-state index in [0.717, 1.165) is 32.5 Å². The SMILES string of the molecule is CCOc1ncc([C@]2(O)CCC[C@H]3CN(Cc4ccc(N(C)C)cc4)C[C@@H]32)c(OCC)n1. The number of hydrogen-bond donors (Lipinski definition) is 1. The first-order chi connectivity index (χ1) is 15.4. The normalized spacial score (nSPS) is 25.4. The van der Waals surface area contributed by atoms with Crippen molar-refractivity contribution in [1.82, 2.24) is 14.9 Å². The zero-order valence-electron chi connectivity index (χ0n) is 19.8. The second-order valence-corrected chi connectivity index (χ2v) is 9.18. The molecule has 0 radical (unpaired) electrons. The maximum absolute atomic E-state index is 12.0. The smallest absolute Gasteiger partial charge is 0.319 e. The van der Waals surface area contributed by atoms with Crippen LogP contribution in [0.2, 0.25) is 0 Å². The largest absolute Gasteiger partial charge is 0.478 e. The van der Waals surface area contributed by atoms with Gasteiger partial charge in [0.15, 0.2) is 0 Å².